The van der Waals surface area contributed by atoms with E-state index in [0.717, 1.165) is 18.4 Å². The molecule has 0 aromatic rings. The third-order valence-corrected chi connectivity index (χ3v) is 9.09. The summed E-state index contributed by atoms with van der Waals surface area (Å²) in [7, 11) is 0. The smallest absolute Gasteiger partial charge is 0.303 e. The molecule has 8 heteroatoms. The van der Waals surface area contributed by atoms with E-state index in [0.29, 0.717) is 19.3 Å². The van der Waals surface area contributed by atoms with Gasteiger partial charge in [0.05, 0.1) is 0 Å². The molecule has 0 amide bonds. The number of hydrogen-bond donors (Lipinski definition) is 0. The highest BCUT2D eigenvalue weighted by atomic mass is 16.6. The number of hydrogen-bond acceptors (Lipinski definition) is 8. The Hall–Kier alpha value is -2.77. The van der Waals surface area contributed by atoms with Gasteiger partial charge < -0.3 is 14.2 Å². The summed E-state index contributed by atoms with van der Waals surface area (Å²) in [6, 6.07) is 0. The van der Waals surface area contributed by atoms with Gasteiger partial charge in [-0.25, -0.2) is 0 Å². The zero-order valence-electron chi connectivity index (χ0n) is 21.1. The van der Waals surface area contributed by atoms with E-state index in [1.165, 1.54) is 20.8 Å². The minimum absolute atomic E-state index is 0.0179. The average Bonchev–Trinajstić information content (AvgIpc) is 3.04. The molecule has 0 bridgehead atoms. The minimum atomic E-state index is -1.47. The van der Waals surface area contributed by atoms with Gasteiger partial charge in [-0.1, -0.05) is 25.5 Å². The third kappa shape index (κ3) is 3.95. The van der Waals surface area contributed by atoms with E-state index in [2.05, 4.69) is 6.92 Å². The van der Waals surface area contributed by atoms with Crippen LogP contribution in [-0.2, 0) is 38.2 Å². The molecule has 0 radical (unpaired) electrons. The summed E-state index contributed by atoms with van der Waals surface area (Å²) in [6.07, 6.45) is 7.50. The highest BCUT2D eigenvalue weighted by Crippen LogP contribution is 2.68. The summed E-state index contributed by atoms with van der Waals surface area (Å²) in [6.45, 7) is 7.42. The van der Waals surface area contributed by atoms with E-state index in [1.807, 2.05) is 13.0 Å². The lowest BCUT2D eigenvalue weighted by atomic mass is 9.46. The second-order valence-electron chi connectivity index (χ2n) is 11.0. The molecule has 3 fully saturated rings. The molecule has 4 aliphatic rings. The number of carbonyl (C=O) groups is 5. The highest BCUT2D eigenvalue weighted by Gasteiger charge is 2.71. The summed E-state index contributed by atoms with van der Waals surface area (Å²) < 4.78 is 16.8. The summed E-state index contributed by atoms with van der Waals surface area (Å²) in [5.74, 6) is -2.05. The SMILES string of the molecule is CC(=O)OCC(=O)[C@@]1(OC(C)=O)CC[C@@H]2[C@@H]3CCC4=CC(=O)C=C[C@]4(C)[C@@H]3[C@H](OC(C)=O)C[C@@]21C. The van der Waals surface area contributed by atoms with E-state index in [9.17, 15) is 24.0 Å². The molecule has 190 valence electrons. The predicted molar refractivity (Wildman–Crippen MR) is 124 cm³/mol. The van der Waals surface area contributed by atoms with Crippen molar-refractivity contribution in [3.63, 3.8) is 0 Å². The van der Waals surface area contributed by atoms with Crippen LogP contribution in [0, 0.1) is 28.6 Å². The molecule has 0 aromatic carbocycles. The van der Waals surface area contributed by atoms with Crippen molar-refractivity contribution in [1.82, 2.24) is 0 Å². The van der Waals surface area contributed by atoms with E-state index in [-0.39, 0.29) is 23.5 Å². The number of esters is 3. The van der Waals surface area contributed by atoms with Crippen molar-refractivity contribution in [3.8, 4) is 0 Å². The molecule has 0 unspecified atom stereocenters. The van der Waals surface area contributed by atoms with Crippen LogP contribution >= 0.6 is 0 Å². The second-order valence-corrected chi connectivity index (χ2v) is 11.0. The number of ether oxygens (including phenoxy) is 3. The van der Waals surface area contributed by atoms with E-state index < -0.39 is 52.8 Å². The lowest BCUT2D eigenvalue weighted by Crippen LogP contribution is -2.63. The highest BCUT2D eigenvalue weighted by molar-refractivity contribution is 6.01. The number of rotatable bonds is 5. The molecule has 4 aliphatic carbocycles. The van der Waals surface area contributed by atoms with Crippen molar-refractivity contribution >= 4 is 29.5 Å². The molecule has 4 rings (SSSR count). The Balaban J connectivity index is 1.80. The van der Waals surface area contributed by atoms with Crippen LogP contribution in [0.5, 0.6) is 0 Å². The number of fused-ring (bicyclic) bond motifs is 5. The van der Waals surface area contributed by atoms with Gasteiger partial charge >= 0.3 is 17.9 Å². The Kier molecular flexibility index (Phi) is 6.31. The predicted octanol–water partition coefficient (Wildman–Crippen LogP) is 3.27. The lowest BCUT2D eigenvalue weighted by molar-refractivity contribution is -0.205. The Morgan fingerprint density at radius 2 is 1.74 bits per heavy atom. The maximum absolute atomic E-state index is 13.6. The Morgan fingerprint density at radius 1 is 1.03 bits per heavy atom. The van der Waals surface area contributed by atoms with Gasteiger partial charge in [0, 0.05) is 37.5 Å². The summed E-state index contributed by atoms with van der Waals surface area (Å²) in [4.78, 5) is 61.6. The van der Waals surface area contributed by atoms with Crippen molar-refractivity contribution in [2.24, 2.45) is 28.6 Å². The molecule has 0 aromatic heterocycles. The van der Waals surface area contributed by atoms with Crippen molar-refractivity contribution in [3.05, 3.63) is 23.8 Å². The fourth-order valence-corrected chi connectivity index (χ4v) is 7.81. The van der Waals surface area contributed by atoms with Gasteiger partial charge in [0.2, 0.25) is 5.78 Å². The summed E-state index contributed by atoms with van der Waals surface area (Å²) in [5, 5.41) is 0. The minimum Gasteiger partial charge on any atom is -0.462 e. The molecule has 0 heterocycles. The topological polar surface area (TPSA) is 113 Å². The van der Waals surface area contributed by atoms with Gasteiger partial charge in [0.15, 0.2) is 18.0 Å². The van der Waals surface area contributed by atoms with Crippen molar-refractivity contribution in [2.45, 2.75) is 78.4 Å². The van der Waals surface area contributed by atoms with E-state index in [4.69, 9.17) is 14.2 Å². The molecule has 8 nitrogen and oxygen atoms in total. The second kappa shape index (κ2) is 8.71. The molecule has 3 saturated carbocycles. The van der Waals surface area contributed by atoms with Gasteiger partial charge in [-0.2, -0.15) is 0 Å². The monoisotopic (exact) mass is 486 g/mol. The maximum atomic E-state index is 13.6. The van der Waals surface area contributed by atoms with Crippen LogP contribution in [0.25, 0.3) is 0 Å². The number of carbonyl (C=O) groups excluding carboxylic acids is 5. The lowest BCUT2D eigenvalue weighted by Gasteiger charge is -2.60. The fourth-order valence-electron chi connectivity index (χ4n) is 7.81. The van der Waals surface area contributed by atoms with E-state index >= 15 is 0 Å². The molecule has 35 heavy (non-hydrogen) atoms. The van der Waals surface area contributed by atoms with Crippen LogP contribution in [-0.4, -0.2) is 47.8 Å². The molecule has 0 saturated heterocycles. The van der Waals surface area contributed by atoms with Crippen LogP contribution < -0.4 is 0 Å². The zero-order valence-corrected chi connectivity index (χ0v) is 21.1. The number of ketones is 2. The molecule has 0 aliphatic heterocycles. The third-order valence-electron chi connectivity index (χ3n) is 9.09. The van der Waals surface area contributed by atoms with Gasteiger partial charge in [-0.05, 0) is 56.1 Å². The maximum Gasteiger partial charge on any atom is 0.303 e. The van der Waals surface area contributed by atoms with Gasteiger partial charge in [0.1, 0.15) is 6.10 Å². The fraction of sp³-hybridized carbons (Fsp3) is 0.667. The number of allylic oxidation sites excluding steroid dienone is 4. The van der Waals surface area contributed by atoms with Crippen LogP contribution in [0.4, 0.5) is 0 Å². The Bertz CT molecular complexity index is 1040. The van der Waals surface area contributed by atoms with Crippen molar-refractivity contribution in [1.29, 1.82) is 0 Å². The normalized spacial score (nSPS) is 39.5. The Labute approximate surface area is 205 Å². The van der Waals surface area contributed by atoms with Gasteiger partial charge in [-0.3, -0.25) is 24.0 Å². The first-order valence-corrected chi connectivity index (χ1v) is 12.3. The molecule has 7 atom stereocenters. The van der Waals surface area contributed by atoms with Crippen LogP contribution in [0.1, 0.15) is 66.7 Å². The average molecular weight is 487 g/mol. The van der Waals surface area contributed by atoms with Crippen molar-refractivity contribution in [2.75, 3.05) is 6.61 Å². The summed E-state index contributed by atoms with van der Waals surface area (Å²) in [5.41, 5.74) is -1.70. The van der Waals surface area contributed by atoms with Crippen molar-refractivity contribution < 1.29 is 38.2 Å². The van der Waals surface area contributed by atoms with Gasteiger partial charge in [-0.15, -0.1) is 0 Å². The molecular formula is C27H34O8. The standard InChI is InChI=1S/C27H34O8/c1-15(28)33-14-23(32)27(35-17(3)30)11-9-21-20-7-6-18-12-19(31)8-10-25(18,4)24(20)22(34-16(2)29)13-26(21,27)5/h8,10,12,20-22,24H,6-7,9,11,13-14H2,1-5H3/t20-,21+,22+,24-,25-,26-,27-/m0/s1. The molecule has 0 N–H and O–H groups in total. The molecule has 0 spiro atoms. The first-order valence-electron chi connectivity index (χ1n) is 12.3. The first-order chi connectivity index (χ1) is 16.3. The Morgan fingerprint density at radius 3 is 2.37 bits per heavy atom. The quantitative estimate of drug-likeness (QED) is 0.430. The zero-order chi connectivity index (χ0) is 25.8. The molecular weight excluding hydrogens is 452 g/mol. The first kappa shape index (κ1) is 25.3. The summed E-state index contributed by atoms with van der Waals surface area (Å²) >= 11 is 0. The van der Waals surface area contributed by atoms with E-state index in [1.54, 1.807) is 12.2 Å². The number of Topliss-reactive ketones (excluding diaryl/α,β-unsaturated/α-hetero) is 1. The van der Waals surface area contributed by atoms with Crippen LogP contribution in [0.3, 0.4) is 0 Å². The van der Waals surface area contributed by atoms with Gasteiger partial charge in [0.25, 0.3) is 0 Å². The van der Waals surface area contributed by atoms with Crippen LogP contribution in [0.2, 0.25) is 0 Å². The largest absolute Gasteiger partial charge is 0.462 e. The van der Waals surface area contributed by atoms with Crippen LogP contribution in [0.15, 0.2) is 23.8 Å².